The van der Waals surface area contributed by atoms with Gasteiger partial charge in [-0.15, -0.1) is 5.10 Å². The number of tetrazole rings is 1. The van der Waals surface area contributed by atoms with Gasteiger partial charge in [0.2, 0.25) is 0 Å². The number of hydrogen-bond donors (Lipinski definition) is 1. The van der Waals surface area contributed by atoms with E-state index in [4.69, 9.17) is 10.1 Å². The van der Waals surface area contributed by atoms with Gasteiger partial charge < -0.3 is 0 Å². The number of aromatic nitrogens is 7. The van der Waals surface area contributed by atoms with Crippen molar-refractivity contribution in [2.24, 2.45) is 0 Å². The Morgan fingerprint density at radius 2 is 1.66 bits per heavy atom. The molecular weight excluding hydrogens is 398 g/mol. The number of hydrogen-bond acceptors (Lipinski definition) is 5. The van der Waals surface area contributed by atoms with Crippen LogP contribution in [-0.4, -0.2) is 35.4 Å². The first-order chi connectivity index (χ1) is 15.8. The molecule has 4 rings (SSSR count). The highest BCUT2D eigenvalue weighted by atomic mass is 15.5. The number of rotatable bonds is 9. The molecule has 2 aromatic carbocycles. The molecule has 0 bridgehead atoms. The van der Waals surface area contributed by atoms with Gasteiger partial charge in [-0.2, -0.15) is 5.10 Å². The van der Waals surface area contributed by atoms with E-state index < -0.39 is 0 Å². The number of nitrogens with zero attached hydrogens (tertiary/aromatic N) is 6. The fourth-order valence-corrected chi connectivity index (χ4v) is 3.57. The van der Waals surface area contributed by atoms with Crippen LogP contribution in [0, 0.1) is 0 Å². The van der Waals surface area contributed by atoms with Crippen molar-refractivity contribution in [3.8, 4) is 11.4 Å². The Morgan fingerprint density at radius 3 is 2.41 bits per heavy atom. The van der Waals surface area contributed by atoms with Crippen LogP contribution in [0.25, 0.3) is 11.4 Å². The molecule has 0 saturated carbocycles. The van der Waals surface area contributed by atoms with Crippen molar-refractivity contribution in [1.82, 2.24) is 35.4 Å². The molecule has 32 heavy (non-hydrogen) atoms. The average molecular weight is 426 g/mol. The fraction of sp³-hybridized carbons (Fsp3) is 0.240. The van der Waals surface area contributed by atoms with Crippen molar-refractivity contribution in [2.45, 2.75) is 39.7 Å². The van der Waals surface area contributed by atoms with Crippen molar-refractivity contribution in [1.29, 1.82) is 0 Å². The zero-order valence-corrected chi connectivity index (χ0v) is 18.4. The Morgan fingerprint density at radius 1 is 0.906 bits per heavy atom. The molecule has 0 aliphatic carbocycles. The minimum Gasteiger partial charge on any atom is -0.245 e. The van der Waals surface area contributed by atoms with Crippen LogP contribution in [0.2, 0.25) is 0 Å². The van der Waals surface area contributed by atoms with E-state index in [-0.39, 0.29) is 0 Å². The van der Waals surface area contributed by atoms with Crippen LogP contribution in [0.1, 0.15) is 42.2 Å². The highest BCUT2D eigenvalue weighted by molar-refractivity contribution is 5.60. The molecule has 7 heteroatoms. The maximum Gasteiger partial charge on any atom is 0.179 e. The molecule has 4 aromatic rings. The molecule has 0 aliphatic rings. The van der Waals surface area contributed by atoms with Crippen molar-refractivity contribution >= 4 is 0 Å². The smallest absolute Gasteiger partial charge is 0.179 e. The molecule has 1 N–H and O–H groups in total. The summed E-state index contributed by atoms with van der Waals surface area (Å²) in [5.41, 5.74) is 4.63. The summed E-state index contributed by atoms with van der Waals surface area (Å²) in [6.45, 7) is 4.74. The fourth-order valence-electron chi connectivity index (χ4n) is 3.57. The van der Waals surface area contributed by atoms with E-state index in [1.807, 2.05) is 48.9 Å². The van der Waals surface area contributed by atoms with Gasteiger partial charge >= 0.3 is 0 Å². The maximum atomic E-state index is 4.72. The monoisotopic (exact) mass is 425 g/mol. The van der Waals surface area contributed by atoms with Gasteiger partial charge in [0.05, 0.1) is 6.54 Å². The minimum absolute atomic E-state index is 0.686. The van der Waals surface area contributed by atoms with Gasteiger partial charge in [0.15, 0.2) is 11.6 Å². The summed E-state index contributed by atoms with van der Waals surface area (Å²) in [7, 11) is 0. The predicted molar refractivity (Wildman–Crippen MR) is 125 cm³/mol. The van der Waals surface area contributed by atoms with Crippen LogP contribution < -0.4 is 0 Å². The lowest BCUT2D eigenvalue weighted by Crippen LogP contribution is -2.07. The summed E-state index contributed by atoms with van der Waals surface area (Å²) in [6, 6.07) is 16.9. The second-order valence-corrected chi connectivity index (χ2v) is 7.55. The molecule has 0 atom stereocenters. The molecule has 0 spiro atoms. The third-order valence-electron chi connectivity index (χ3n) is 5.23. The zero-order valence-electron chi connectivity index (χ0n) is 18.4. The van der Waals surface area contributed by atoms with Crippen molar-refractivity contribution in [3.63, 3.8) is 0 Å². The molecule has 0 aliphatic heterocycles. The van der Waals surface area contributed by atoms with Gasteiger partial charge in [-0.1, -0.05) is 72.8 Å². The molecule has 0 unspecified atom stereocenters. The van der Waals surface area contributed by atoms with E-state index in [2.05, 4.69) is 63.1 Å². The first-order valence-corrected chi connectivity index (χ1v) is 10.8. The van der Waals surface area contributed by atoms with Crippen molar-refractivity contribution in [2.75, 3.05) is 0 Å². The van der Waals surface area contributed by atoms with Gasteiger partial charge in [-0.05, 0) is 47.4 Å². The van der Waals surface area contributed by atoms with E-state index in [1.54, 1.807) is 0 Å². The Labute approximate surface area is 187 Å². The number of allylic oxidation sites excluding steroid dienone is 4. The zero-order chi connectivity index (χ0) is 22.2. The summed E-state index contributed by atoms with van der Waals surface area (Å²) in [6.07, 6.45) is 10.6. The first kappa shape index (κ1) is 21.4. The van der Waals surface area contributed by atoms with Crippen LogP contribution in [0.3, 0.4) is 0 Å². The van der Waals surface area contributed by atoms with Crippen LogP contribution in [0.4, 0.5) is 0 Å². The molecule has 0 radical (unpaired) electrons. The number of benzene rings is 2. The molecule has 2 heterocycles. The largest absolute Gasteiger partial charge is 0.245 e. The Hall–Kier alpha value is -3.87. The second kappa shape index (κ2) is 10.4. The quantitative estimate of drug-likeness (QED) is 0.403. The van der Waals surface area contributed by atoms with Crippen molar-refractivity contribution in [3.05, 3.63) is 101 Å². The topological polar surface area (TPSA) is 85.2 Å². The van der Waals surface area contributed by atoms with E-state index in [0.29, 0.717) is 12.4 Å². The number of nitrogens with one attached hydrogen (secondary N) is 1. The van der Waals surface area contributed by atoms with Gasteiger partial charge in [0.25, 0.3) is 0 Å². The van der Waals surface area contributed by atoms with E-state index in [9.17, 15) is 0 Å². The Kier molecular flexibility index (Phi) is 6.97. The minimum atomic E-state index is 0.686. The Balaban J connectivity index is 1.50. The lowest BCUT2D eigenvalue weighted by molar-refractivity contribution is 0.644. The summed E-state index contributed by atoms with van der Waals surface area (Å²) in [5, 5.41) is 19.0. The number of H-pyrrole nitrogens is 1. The summed E-state index contributed by atoms with van der Waals surface area (Å²) < 4.78 is 2.01. The summed E-state index contributed by atoms with van der Waals surface area (Å²) in [5.74, 6) is 2.53. The lowest BCUT2D eigenvalue weighted by atomic mass is 9.98. The van der Waals surface area contributed by atoms with Crippen LogP contribution in [-0.2, 0) is 25.8 Å². The van der Waals surface area contributed by atoms with Gasteiger partial charge in [-0.25, -0.2) is 14.8 Å². The van der Waals surface area contributed by atoms with Crippen LogP contribution >= 0.6 is 0 Å². The van der Waals surface area contributed by atoms with Gasteiger partial charge in [-0.3, -0.25) is 0 Å². The summed E-state index contributed by atoms with van der Waals surface area (Å²) >= 11 is 0. The van der Waals surface area contributed by atoms with Gasteiger partial charge in [0, 0.05) is 18.4 Å². The average Bonchev–Trinajstić information content (AvgIpc) is 3.48. The third kappa shape index (κ3) is 5.24. The highest BCUT2D eigenvalue weighted by Gasteiger charge is 2.11. The van der Waals surface area contributed by atoms with Gasteiger partial charge in [0.1, 0.15) is 5.82 Å². The SMILES string of the molecule is CC=CCc1nc(CC=CC)n(Cc2ccc(Cc3ccccc3-c3nnn[nH]3)cc2)n1. The molecule has 2 aromatic heterocycles. The normalized spacial score (nSPS) is 11.7. The van der Waals surface area contributed by atoms with Crippen LogP contribution in [0.5, 0.6) is 0 Å². The first-order valence-electron chi connectivity index (χ1n) is 10.8. The molecule has 0 fully saturated rings. The molecule has 0 saturated heterocycles. The molecule has 162 valence electrons. The van der Waals surface area contributed by atoms with E-state index in [1.165, 1.54) is 16.7 Å². The Bertz CT molecular complexity index is 1190. The molecular formula is C25H27N7. The van der Waals surface area contributed by atoms with Crippen LogP contribution in [0.15, 0.2) is 72.8 Å². The van der Waals surface area contributed by atoms with E-state index >= 15 is 0 Å². The maximum absolute atomic E-state index is 4.72. The highest BCUT2D eigenvalue weighted by Crippen LogP contribution is 2.22. The second-order valence-electron chi connectivity index (χ2n) is 7.55. The standard InChI is InChI=1S/C25H27N7/c1-3-5-11-23-26-24(12-6-4-2)32(29-23)18-20-15-13-19(14-16-20)17-21-9-7-8-10-22(21)25-27-30-31-28-25/h3-10,13-16H,11-12,17-18H2,1-2H3,(H,27,28,30,31). The molecule has 0 amide bonds. The molecule has 7 nitrogen and oxygen atoms in total. The summed E-state index contributed by atoms with van der Waals surface area (Å²) in [4.78, 5) is 4.72. The van der Waals surface area contributed by atoms with Crippen molar-refractivity contribution < 1.29 is 0 Å². The predicted octanol–water partition coefficient (Wildman–Crippen LogP) is 4.33. The third-order valence-corrected chi connectivity index (χ3v) is 5.23. The van der Waals surface area contributed by atoms with E-state index in [0.717, 1.165) is 36.5 Å². The lowest BCUT2D eigenvalue weighted by Gasteiger charge is -2.09. The number of aromatic amines is 1.